The van der Waals surface area contributed by atoms with E-state index in [1.807, 2.05) is 20.0 Å². The van der Waals surface area contributed by atoms with Gasteiger partial charge in [-0.15, -0.1) is 0 Å². The highest BCUT2D eigenvalue weighted by atomic mass is 14.9. The van der Waals surface area contributed by atoms with Crippen LogP contribution in [0.15, 0.2) is 128 Å². The number of H-pyrrole nitrogens is 1. The fraction of sp³-hybridized carbons (Fsp3) is 0.0690. The number of nitrogens with zero attached hydrogens (tertiary/aromatic N) is 1. The van der Waals surface area contributed by atoms with E-state index in [1.165, 1.54) is 21.9 Å². The summed E-state index contributed by atoms with van der Waals surface area (Å²) in [6, 6.07) is 43.5. The fourth-order valence-electron chi connectivity index (χ4n) is 4.66. The Hall–Kier alpha value is -3.85. The number of aromatic amines is 1. The van der Waals surface area contributed by atoms with Gasteiger partial charge in [-0.1, -0.05) is 121 Å². The molecule has 0 aliphatic heterocycles. The van der Waals surface area contributed by atoms with Gasteiger partial charge in [0.2, 0.25) is 0 Å². The van der Waals surface area contributed by atoms with Crippen LogP contribution in [0.3, 0.4) is 0 Å². The van der Waals surface area contributed by atoms with Crippen LogP contribution < -0.4 is 21.9 Å². The van der Waals surface area contributed by atoms with E-state index in [9.17, 15) is 0 Å². The lowest BCUT2D eigenvalue weighted by Gasteiger charge is -2.44. The van der Waals surface area contributed by atoms with E-state index in [0.29, 0.717) is 0 Å². The van der Waals surface area contributed by atoms with Gasteiger partial charge in [-0.3, -0.25) is 0 Å². The van der Waals surface area contributed by atoms with Gasteiger partial charge in [-0.2, -0.15) is 21.9 Å². The Balaban J connectivity index is 0.000000300. The Morgan fingerprint density at radius 1 is 0.500 bits per heavy atom. The maximum absolute atomic E-state index is 4.06. The first kappa shape index (κ1) is 21.4. The van der Waals surface area contributed by atoms with Crippen molar-refractivity contribution in [1.29, 1.82) is 0 Å². The second-order valence-electron chi connectivity index (χ2n) is 8.14. The molecule has 1 heterocycles. The lowest BCUT2D eigenvalue weighted by Crippen LogP contribution is -2.74. The molecule has 0 fully saturated rings. The summed E-state index contributed by atoms with van der Waals surface area (Å²) in [5, 5.41) is 0. The van der Waals surface area contributed by atoms with Gasteiger partial charge in [-0.25, -0.2) is 4.98 Å². The molecule has 3 heteroatoms. The van der Waals surface area contributed by atoms with Crippen molar-refractivity contribution in [2.24, 2.45) is 0 Å². The van der Waals surface area contributed by atoms with E-state index in [-0.39, 0.29) is 0 Å². The van der Waals surface area contributed by atoms with Crippen LogP contribution in [0.4, 0.5) is 0 Å². The zero-order valence-corrected chi connectivity index (χ0v) is 18.6. The van der Waals surface area contributed by atoms with Gasteiger partial charge < -0.3 is 4.98 Å². The molecule has 0 unspecified atom stereocenters. The molecule has 4 aromatic carbocycles. The Bertz CT molecular complexity index is 1040. The highest BCUT2D eigenvalue weighted by Crippen LogP contribution is 2.09. The Morgan fingerprint density at radius 2 is 0.812 bits per heavy atom. The van der Waals surface area contributed by atoms with E-state index < -0.39 is 6.15 Å². The largest absolute Gasteiger partial charge is 0.349 e. The van der Waals surface area contributed by atoms with Crippen LogP contribution in [0.1, 0.15) is 11.5 Å². The van der Waals surface area contributed by atoms with Crippen LogP contribution >= 0.6 is 0 Å². The summed E-state index contributed by atoms with van der Waals surface area (Å²) in [7, 11) is 0. The monoisotopic (exact) mass is 415 g/mol. The van der Waals surface area contributed by atoms with Crippen molar-refractivity contribution >= 4 is 28.0 Å². The van der Waals surface area contributed by atoms with Crippen LogP contribution in [0.25, 0.3) is 0 Å². The second-order valence-corrected chi connectivity index (χ2v) is 8.14. The van der Waals surface area contributed by atoms with Gasteiger partial charge in [0.05, 0.1) is 5.69 Å². The summed E-state index contributed by atoms with van der Waals surface area (Å²) in [6.45, 7) is 3.90. The molecule has 158 valence electrons. The molecule has 1 N–H and O–H groups in total. The zero-order chi connectivity index (χ0) is 22.2. The van der Waals surface area contributed by atoms with Crippen LogP contribution in [0, 0.1) is 13.8 Å². The lowest BCUT2D eigenvalue weighted by molar-refractivity contribution is 1.13. The van der Waals surface area contributed by atoms with E-state index in [1.54, 1.807) is 0 Å². The molecule has 0 saturated heterocycles. The number of aromatic nitrogens is 2. The highest BCUT2D eigenvalue weighted by molar-refractivity contribution is 7.19. The second kappa shape index (κ2) is 9.97. The molecular formula is C29H28BN2-. The number of imidazole rings is 1. The molecule has 0 spiro atoms. The maximum atomic E-state index is 4.06. The molecular weight excluding hydrogens is 387 g/mol. The van der Waals surface area contributed by atoms with Crippen molar-refractivity contribution in [3.8, 4) is 0 Å². The minimum atomic E-state index is -1.22. The van der Waals surface area contributed by atoms with Crippen molar-refractivity contribution in [1.82, 2.24) is 9.97 Å². The first-order chi connectivity index (χ1) is 15.7. The molecule has 5 rings (SSSR count). The molecule has 0 bridgehead atoms. The molecule has 0 atom stereocenters. The standard InChI is InChI=1S/C24H20B.C5H8N2/c1-5-13-21(14-6-1)25(22-15-7-2-8-16-22,23-17-9-3-10-18-23)24-19-11-4-12-20-24;1-4-3-6-5(2)7-4/h1-20H;3H,1-2H3,(H,6,7)/q-1;. The van der Waals surface area contributed by atoms with Crippen molar-refractivity contribution in [3.05, 3.63) is 139 Å². The van der Waals surface area contributed by atoms with Crippen LogP contribution in [0.2, 0.25) is 0 Å². The first-order valence-corrected chi connectivity index (χ1v) is 11.1. The number of hydrogen-bond acceptors (Lipinski definition) is 1. The van der Waals surface area contributed by atoms with Crippen molar-refractivity contribution in [2.45, 2.75) is 13.8 Å². The van der Waals surface area contributed by atoms with Gasteiger partial charge in [0, 0.05) is 6.20 Å². The summed E-state index contributed by atoms with van der Waals surface area (Å²) >= 11 is 0. The van der Waals surface area contributed by atoms with Crippen LogP contribution in [0.5, 0.6) is 0 Å². The van der Waals surface area contributed by atoms with Crippen LogP contribution in [-0.4, -0.2) is 16.1 Å². The molecule has 1 aromatic heterocycles. The SMILES string of the molecule is Cc1c[nH]c(C)n1.c1ccc([B-](c2ccccc2)(c2ccccc2)c2ccccc2)cc1. The Labute approximate surface area is 190 Å². The van der Waals surface area contributed by atoms with E-state index in [0.717, 1.165) is 11.5 Å². The summed E-state index contributed by atoms with van der Waals surface area (Å²) in [4.78, 5) is 7.01. The summed E-state index contributed by atoms with van der Waals surface area (Å²) < 4.78 is 0. The number of hydrogen-bond donors (Lipinski definition) is 1. The minimum Gasteiger partial charge on any atom is -0.349 e. The molecule has 0 saturated carbocycles. The molecule has 0 amide bonds. The first-order valence-electron chi connectivity index (χ1n) is 11.1. The maximum Gasteiger partial charge on any atom is 0.108 e. The smallest absolute Gasteiger partial charge is 0.108 e. The molecule has 0 aliphatic carbocycles. The van der Waals surface area contributed by atoms with E-state index >= 15 is 0 Å². The van der Waals surface area contributed by atoms with Gasteiger partial charge in [0.25, 0.3) is 0 Å². The van der Waals surface area contributed by atoms with E-state index in [2.05, 4.69) is 131 Å². The molecule has 5 aromatic rings. The van der Waals surface area contributed by atoms with Gasteiger partial charge in [0.15, 0.2) is 0 Å². The normalized spacial score (nSPS) is 10.8. The topological polar surface area (TPSA) is 28.7 Å². The predicted molar refractivity (Wildman–Crippen MR) is 138 cm³/mol. The number of rotatable bonds is 4. The average molecular weight is 415 g/mol. The summed E-state index contributed by atoms with van der Waals surface area (Å²) in [5.41, 5.74) is 6.41. The Kier molecular flexibility index (Phi) is 6.67. The van der Waals surface area contributed by atoms with Gasteiger partial charge >= 0.3 is 0 Å². The lowest BCUT2D eigenvalue weighted by atomic mass is 9.13. The van der Waals surface area contributed by atoms with Crippen molar-refractivity contribution in [2.75, 3.05) is 0 Å². The van der Waals surface area contributed by atoms with E-state index in [4.69, 9.17) is 0 Å². The molecule has 2 nitrogen and oxygen atoms in total. The van der Waals surface area contributed by atoms with Crippen molar-refractivity contribution < 1.29 is 0 Å². The predicted octanol–water partition coefficient (Wildman–Crippen LogP) is 4.09. The summed E-state index contributed by atoms with van der Waals surface area (Å²) in [5.74, 6) is 0.984. The third-order valence-electron chi connectivity index (χ3n) is 6.03. The fourth-order valence-corrected chi connectivity index (χ4v) is 4.66. The number of benzene rings is 4. The van der Waals surface area contributed by atoms with Crippen molar-refractivity contribution in [3.63, 3.8) is 0 Å². The minimum absolute atomic E-state index is 0.984. The molecule has 32 heavy (non-hydrogen) atoms. The van der Waals surface area contributed by atoms with Gasteiger partial charge in [0.1, 0.15) is 12.0 Å². The van der Waals surface area contributed by atoms with Gasteiger partial charge in [-0.05, 0) is 13.8 Å². The quantitative estimate of drug-likeness (QED) is 0.440. The number of aryl methyl sites for hydroxylation is 2. The summed E-state index contributed by atoms with van der Waals surface area (Å²) in [6.07, 6.45) is 0.669. The third-order valence-corrected chi connectivity index (χ3v) is 6.03. The number of nitrogens with one attached hydrogen (secondary N) is 1. The molecule has 0 radical (unpaired) electrons. The average Bonchev–Trinajstić information content (AvgIpc) is 3.25. The Morgan fingerprint density at radius 3 is 1.00 bits per heavy atom. The highest BCUT2D eigenvalue weighted by Gasteiger charge is 2.30. The zero-order valence-electron chi connectivity index (χ0n) is 18.6. The third kappa shape index (κ3) is 4.43. The van der Waals surface area contributed by atoms with Crippen LogP contribution in [-0.2, 0) is 0 Å². The molecule has 0 aliphatic rings.